The first kappa shape index (κ1) is 20.9. The van der Waals surface area contributed by atoms with Crippen LogP contribution < -0.4 is 10.1 Å². The van der Waals surface area contributed by atoms with Crippen LogP contribution in [0.1, 0.15) is 41.5 Å². The molecule has 2 amide bonds. The predicted molar refractivity (Wildman–Crippen MR) is 117 cm³/mol. The van der Waals surface area contributed by atoms with Crippen LogP contribution in [0.3, 0.4) is 0 Å². The zero-order valence-electron chi connectivity index (χ0n) is 17.8. The van der Waals surface area contributed by atoms with E-state index in [4.69, 9.17) is 14.0 Å². The number of likely N-dealkylation sites (tertiary alicyclic amines) is 1. The minimum atomic E-state index is -0.132. The fourth-order valence-corrected chi connectivity index (χ4v) is 3.79. The minimum Gasteiger partial charge on any atom is -0.497 e. The summed E-state index contributed by atoms with van der Waals surface area (Å²) in [6, 6.07) is 17.2. The van der Waals surface area contributed by atoms with Crippen LogP contribution in [0.5, 0.6) is 5.75 Å². The second-order valence-corrected chi connectivity index (χ2v) is 7.69. The molecule has 7 nitrogen and oxygen atoms in total. The molecule has 31 heavy (non-hydrogen) atoms. The third kappa shape index (κ3) is 5.24. The normalized spacial score (nSPS) is 15.8. The molecule has 1 aliphatic rings. The van der Waals surface area contributed by atoms with E-state index in [1.54, 1.807) is 7.11 Å². The lowest BCUT2D eigenvalue weighted by molar-refractivity contribution is 0.107. The second-order valence-electron chi connectivity index (χ2n) is 7.69. The Labute approximate surface area is 181 Å². The number of carbonyl (C=O) groups excluding carboxylic acids is 1. The molecule has 2 aromatic carbocycles. The van der Waals surface area contributed by atoms with E-state index in [0.717, 1.165) is 46.9 Å². The summed E-state index contributed by atoms with van der Waals surface area (Å²) >= 11 is 0. The van der Waals surface area contributed by atoms with Gasteiger partial charge in [0.2, 0.25) is 0 Å². The number of anilines is 1. The van der Waals surface area contributed by atoms with Crippen LogP contribution in [0.2, 0.25) is 0 Å². The van der Waals surface area contributed by atoms with Crippen LogP contribution in [-0.4, -0.2) is 29.7 Å². The number of hydrogen-bond donors (Lipinski definition) is 1. The molecule has 1 saturated heterocycles. The standard InChI is InChI=1S/C24H27N3O4/c1-17-13-23(31-26-17)22-7-4-12-27(22)24(28)25-20-6-3-5-19(14-20)16-30-15-18-8-10-21(29-2)11-9-18/h3,5-6,8-11,13-14,22H,4,7,12,15-16H2,1-2H3,(H,25,28). The van der Waals surface area contributed by atoms with Gasteiger partial charge in [-0.3, -0.25) is 0 Å². The molecule has 1 fully saturated rings. The number of rotatable bonds is 7. The van der Waals surface area contributed by atoms with Crippen LogP contribution in [0.25, 0.3) is 0 Å². The van der Waals surface area contributed by atoms with Crippen molar-refractivity contribution >= 4 is 11.7 Å². The first-order valence-corrected chi connectivity index (χ1v) is 10.4. The molecule has 2 heterocycles. The molecule has 0 saturated carbocycles. The minimum absolute atomic E-state index is 0.0720. The van der Waals surface area contributed by atoms with E-state index in [1.807, 2.05) is 66.4 Å². The highest BCUT2D eigenvalue weighted by Crippen LogP contribution is 2.32. The molecular weight excluding hydrogens is 394 g/mol. The highest BCUT2D eigenvalue weighted by Gasteiger charge is 2.32. The maximum absolute atomic E-state index is 12.9. The Bertz CT molecular complexity index is 1020. The molecule has 0 bridgehead atoms. The summed E-state index contributed by atoms with van der Waals surface area (Å²) < 4.78 is 16.4. The van der Waals surface area contributed by atoms with Crippen LogP contribution >= 0.6 is 0 Å². The van der Waals surface area contributed by atoms with Gasteiger partial charge in [0, 0.05) is 18.3 Å². The summed E-state index contributed by atoms with van der Waals surface area (Å²) in [6.45, 7) is 3.54. The Morgan fingerprint density at radius 3 is 2.71 bits per heavy atom. The van der Waals surface area contributed by atoms with Crippen molar-refractivity contribution in [3.05, 3.63) is 77.2 Å². The molecule has 0 radical (unpaired) electrons. The number of benzene rings is 2. The van der Waals surface area contributed by atoms with Crippen LogP contribution in [0.15, 0.2) is 59.1 Å². The lowest BCUT2D eigenvalue weighted by atomic mass is 10.1. The lowest BCUT2D eigenvalue weighted by Crippen LogP contribution is -2.34. The molecule has 4 rings (SSSR count). The smallest absolute Gasteiger partial charge is 0.322 e. The number of hydrogen-bond acceptors (Lipinski definition) is 5. The Kier molecular flexibility index (Phi) is 6.52. The summed E-state index contributed by atoms with van der Waals surface area (Å²) in [4.78, 5) is 14.7. The van der Waals surface area contributed by atoms with Crippen molar-refractivity contribution in [3.8, 4) is 5.75 Å². The number of ether oxygens (including phenoxy) is 2. The summed E-state index contributed by atoms with van der Waals surface area (Å²) in [6.07, 6.45) is 1.82. The first-order chi connectivity index (χ1) is 15.1. The summed E-state index contributed by atoms with van der Waals surface area (Å²) in [5.41, 5.74) is 3.64. The monoisotopic (exact) mass is 421 g/mol. The van der Waals surface area contributed by atoms with Crippen LogP contribution in [0.4, 0.5) is 10.5 Å². The number of aryl methyl sites for hydroxylation is 1. The lowest BCUT2D eigenvalue weighted by Gasteiger charge is -2.23. The van der Waals surface area contributed by atoms with Gasteiger partial charge in [0.15, 0.2) is 5.76 Å². The van der Waals surface area contributed by atoms with E-state index in [2.05, 4.69) is 10.5 Å². The van der Waals surface area contributed by atoms with Gasteiger partial charge in [0.25, 0.3) is 0 Å². The van der Waals surface area contributed by atoms with Crippen molar-refractivity contribution in [2.75, 3.05) is 19.0 Å². The molecule has 162 valence electrons. The largest absolute Gasteiger partial charge is 0.497 e. The zero-order valence-corrected chi connectivity index (χ0v) is 17.8. The molecule has 1 unspecified atom stereocenters. The maximum atomic E-state index is 12.9. The average molecular weight is 421 g/mol. The average Bonchev–Trinajstić information content (AvgIpc) is 3.43. The van der Waals surface area contributed by atoms with Crippen molar-refractivity contribution in [1.82, 2.24) is 10.1 Å². The Morgan fingerprint density at radius 1 is 1.16 bits per heavy atom. The van der Waals surface area contributed by atoms with E-state index >= 15 is 0 Å². The molecule has 1 aliphatic heterocycles. The first-order valence-electron chi connectivity index (χ1n) is 10.4. The summed E-state index contributed by atoms with van der Waals surface area (Å²) in [5.74, 6) is 1.57. The van der Waals surface area contributed by atoms with E-state index in [0.29, 0.717) is 19.8 Å². The van der Waals surface area contributed by atoms with Gasteiger partial charge in [-0.2, -0.15) is 0 Å². The van der Waals surface area contributed by atoms with E-state index in [1.165, 1.54) is 0 Å². The number of methoxy groups -OCH3 is 1. The van der Waals surface area contributed by atoms with Gasteiger partial charge in [-0.05, 0) is 55.2 Å². The topological polar surface area (TPSA) is 76.8 Å². The van der Waals surface area contributed by atoms with Crippen molar-refractivity contribution in [2.24, 2.45) is 0 Å². The van der Waals surface area contributed by atoms with E-state index in [-0.39, 0.29) is 12.1 Å². The molecule has 1 atom stereocenters. The van der Waals surface area contributed by atoms with Gasteiger partial charge in [-0.1, -0.05) is 29.4 Å². The van der Waals surface area contributed by atoms with Crippen molar-refractivity contribution in [3.63, 3.8) is 0 Å². The van der Waals surface area contributed by atoms with Crippen LogP contribution in [-0.2, 0) is 18.0 Å². The third-order valence-corrected chi connectivity index (χ3v) is 5.36. The number of aromatic nitrogens is 1. The number of carbonyl (C=O) groups is 1. The van der Waals surface area contributed by atoms with Crippen molar-refractivity contribution < 1.29 is 18.8 Å². The number of nitrogens with one attached hydrogen (secondary N) is 1. The van der Waals surface area contributed by atoms with E-state index in [9.17, 15) is 4.79 Å². The highest BCUT2D eigenvalue weighted by atomic mass is 16.5. The molecule has 1 aromatic heterocycles. The number of nitrogens with zero attached hydrogens (tertiary/aromatic N) is 2. The Hall–Kier alpha value is -3.32. The SMILES string of the molecule is COc1ccc(COCc2cccc(NC(=O)N3CCCC3c3cc(C)no3)c2)cc1. The quantitative estimate of drug-likeness (QED) is 0.576. The van der Waals surface area contributed by atoms with E-state index < -0.39 is 0 Å². The Morgan fingerprint density at radius 2 is 1.97 bits per heavy atom. The zero-order chi connectivity index (χ0) is 21.6. The highest BCUT2D eigenvalue weighted by molar-refractivity contribution is 5.89. The molecule has 0 aliphatic carbocycles. The molecule has 3 aromatic rings. The van der Waals surface area contributed by atoms with Gasteiger partial charge in [-0.25, -0.2) is 4.79 Å². The third-order valence-electron chi connectivity index (χ3n) is 5.36. The fraction of sp³-hybridized carbons (Fsp3) is 0.333. The van der Waals surface area contributed by atoms with Gasteiger partial charge in [0.1, 0.15) is 5.75 Å². The van der Waals surface area contributed by atoms with Gasteiger partial charge in [-0.15, -0.1) is 0 Å². The molecule has 7 heteroatoms. The fourth-order valence-electron chi connectivity index (χ4n) is 3.79. The molecule has 0 spiro atoms. The van der Waals surface area contributed by atoms with Crippen LogP contribution in [0, 0.1) is 6.92 Å². The van der Waals surface area contributed by atoms with Gasteiger partial charge < -0.3 is 24.2 Å². The number of urea groups is 1. The van der Waals surface area contributed by atoms with Gasteiger partial charge >= 0.3 is 6.03 Å². The maximum Gasteiger partial charge on any atom is 0.322 e. The number of amides is 2. The van der Waals surface area contributed by atoms with Gasteiger partial charge in [0.05, 0.1) is 32.1 Å². The summed E-state index contributed by atoms with van der Waals surface area (Å²) in [5, 5.41) is 6.96. The Balaban J connectivity index is 1.32. The van der Waals surface area contributed by atoms with Crippen molar-refractivity contribution in [2.45, 2.75) is 39.0 Å². The summed E-state index contributed by atoms with van der Waals surface area (Å²) in [7, 11) is 1.65. The predicted octanol–water partition coefficient (Wildman–Crippen LogP) is 5.08. The van der Waals surface area contributed by atoms with Crippen molar-refractivity contribution in [1.29, 1.82) is 0 Å². The second kappa shape index (κ2) is 9.66. The molecular formula is C24H27N3O4. The molecule has 1 N–H and O–H groups in total.